The number of urea groups is 1. The maximum atomic E-state index is 12.1. The fourth-order valence-corrected chi connectivity index (χ4v) is 3.48. The highest BCUT2D eigenvalue weighted by Crippen LogP contribution is 2.48. The van der Waals surface area contributed by atoms with Crippen molar-refractivity contribution in [1.29, 1.82) is 0 Å². The molecule has 120 valence electrons. The van der Waals surface area contributed by atoms with Crippen LogP contribution in [-0.2, 0) is 4.79 Å². The van der Waals surface area contributed by atoms with Gasteiger partial charge >= 0.3 is 12.0 Å². The second kappa shape index (κ2) is 6.67. The third kappa shape index (κ3) is 4.11. The molecule has 0 aromatic heterocycles. The number of carbonyl (C=O) groups is 2. The van der Waals surface area contributed by atoms with Crippen molar-refractivity contribution in [3.63, 3.8) is 0 Å². The number of hydrogen-bond donors (Lipinski definition) is 3. The number of carboxylic acids is 1. The van der Waals surface area contributed by atoms with Crippen LogP contribution in [0.3, 0.4) is 0 Å². The average Bonchev–Trinajstić information content (AvgIpc) is 3.22. The second-order valence-corrected chi connectivity index (χ2v) is 6.86. The Morgan fingerprint density at radius 2 is 1.67 bits per heavy atom. The summed E-state index contributed by atoms with van der Waals surface area (Å²) in [5.74, 6) is -0.894. The summed E-state index contributed by atoms with van der Waals surface area (Å²) in [5.41, 5.74) is -0.784. The molecule has 0 aromatic rings. The zero-order valence-electron chi connectivity index (χ0n) is 13.0. The van der Waals surface area contributed by atoms with Gasteiger partial charge in [0.15, 0.2) is 0 Å². The van der Waals surface area contributed by atoms with Gasteiger partial charge in [0, 0.05) is 6.54 Å². The van der Waals surface area contributed by atoms with Gasteiger partial charge < -0.3 is 15.7 Å². The topological polar surface area (TPSA) is 78.4 Å². The SMILES string of the molecule is CCCC1(CNC(=O)NC2(C(=O)O)CCCCCC2)CC1. The molecule has 5 heteroatoms. The van der Waals surface area contributed by atoms with Crippen LogP contribution in [-0.4, -0.2) is 29.2 Å². The molecular formula is C16H28N2O3. The van der Waals surface area contributed by atoms with E-state index < -0.39 is 11.5 Å². The lowest BCUT2D eigenvalue weighted by Gasteiger charge is -2.29. The van der Waals surface area contributed by atoms with Crippen molar-refractivity contribution in [3.8, 4) is 0 Å². The third-order valence-electron chi connectivity index (χ3n) is 5.08. The summed E-state index contributed by atoms with van der Waals surface area (Å²) in [4.78, 5) is 23.8. The van der Waals surface area contributed by atoms with E-state index in [1.165, 1.54) is 12.8 Å². The lowest BCUT2D eigenvalue weighted by molar-refractivity contribution is -0.145. The van der Waals surface area contributed by atoms with E-state index in [1.807, 2.05) is 0 Å². The Balaban J connectivity index is 1.88. The molecule has 3 N–H and O–H groups in total. The highest BCUT2D eigenvalue weighted by molar-refractivity contribution is 5.86. The van der Waals surface area contributed by atoms with Gasteiger partial charge in [-0.3, -0.25) is 0 Å². The Hall–Kier alpha value is -1.26. The van der Waals surface area contributed by atoms with E-state index in [2.05, 4.69) is 17.6 Å². The van der Waals surface area contributed by atoms with E-state index >= 15 is 0 Å². The predicted octanol–water partition coefficient (Wildman–Crippen LogP) is 3.04. The molecule has 2 amide bonds. The number of aliphatic carboxylic acids is 1. The van der Waals surface area contributed by atoms with Gasteiger partial charge in [0.2, 0.25) is 0 Å². The first kappa shape index (κ1) is 16.1. The second-order valence-electron chi connectivity index (χ2n) is 6.86. The predicted molar refractivity (Wildman–Crippen MR) is 81.2 cm³/mol. The van der Waals surface area contributed by atoms with Crippen LogP contribution in [0.2, 0.25) is 0 Å². The zero-order chi connectivity index (χ0) is 15.3. The average molecular weight is 296 g/mol. The maximum absolute atomic E-state index is 12.1. The van der Waals surface area contributed by atoms with Crippen molar-refractivity contribution in [3.05, 3.63) is 0 Å². The molecule has 0 aliphatic heterocycles. The Morgan fingerprint density at radius 1 is 1.05 bits per heavy atom. The Bertz CT molecular complexity index is 383. The van der Waals surface area contributed by atoms with Gasteiger partial charge in [-0.15, -0.1) is 0 Å². The zero-order valence-corrected chi connectivity index (χ0v) is 13.0. The first-order valence-electron chi connectivity index (χ1n) is 8.31. The van der Waals surface area contributed by atoms with E-state index in [4.69, 9.17) is 0 Å². The molecule has 2 fully saturated rings. The third-order valence-corrected chi connectivity index (χ3v) is 5.08. The minimum Gasteiger partial charge on any atom is -0.480 e. The summed E-state index contributed by atoms with van der Waals surface area (Å²) in [6.45, 7) is 2.83. The van der Waals surface area contributed by atoms with Crippen LogP contribution in [0.1, 0.15) is 71.1 Å². The van der Waals surface area contributed by atoms with Gasteiger partial charge in [0.05, 0.1) is 0 Å². The maximum Gasteiger partial charge on any atom is 0.329 e. The van der Waals surface area contributed by atoms with Crippen molar-refractivity contribution in [2.75, 3.05) is 6.54 Å². The van der Waals surface area contributed by atoms with E-state index in [0.717, 1.165) is 38.5 Å². The van der Waals surface area contributed by atoms with Crippen molar-refractivity contribution >= 4 is 12.0 Å². The van der Waals surface area contributed by atoms with Crippen LogP contribution in [0.4, 0.5) is 4.79 Å². The van der Waals surface area contributed by atoms with E-state index in [-0.39, 0.29) is 11.4 Å². The number of carboxylic acid groups (broad SMARTS) is 1. The molecule has 0 spiro atoms. The molecule has 2 rings (SSSR count). The summed E-state index contributed by atoms with van der Waals surface area (Å²) in [5, 5.41) is 15.2. The number of amides is 2. The largest absolute Gasteiger partial charge is 0.480 e. The van der Waals surface area contributed by atoms with Gasteiger partial charge in [0.25, 0.3) is 0 Å². The molecule has 0 unspecified atom stereocenters. The minimum atomic E-state index is -1.07. The molecule has 0 atom stereocenters. The smallest absolute Gasteiger partial charge is 0.329 e. The van der Waals surface area contributed by atoms with Crippen LogP contribution >= 0.6 is 0 Å². The fourth-order valence-electron chi connectivity index (χ4n) is 3.48. The molecule has 0 heterocycles. The Morgan fingerprint density at radius 3 is 2.14 bits per heavy atom. The minimum absolute atomic E-state index is 0.284. The van der Waals surface area contributed by atoms with Crippen LogP contribution < -0.4 is 10.6 Å². The number of nitrogens with one attached hydrogen (secondary N) is 2. The van der Waals surface area contributed by atoms with Gasteiger partial charge in [-0.2, -0.15) is 0 Å². The van der Waals surface area contributed by atoms with Gasteiger partial charge in [-0.1, -0.05) is 39.0 Å². The molecule has 2 aliphatic rings. The molecule has 2 aliphatic carbocycles. The Labute approximate surface area is 126 Å². The highest BCUT2D eigenvalue weighted by Gasteiger charge is 2.43. The van der Waals surface area contributed by atoms with Crippen LogP contribution in [0.25, 0.3) is 0 Å². The normalized spacial score (nSPS) is 22.9. The molecule has 2 saturated carbocycles. The molecular weight excluding hydrogens is 268 g/mol. The Kier molecular flexibility index (Phi) is 5.12. The first-order valence-corrected chi connectivity index (χ1v) is 8.31. The van der Waals surface area contributed by atoms with E-state index in [0.29, 0.717) is 19.4 Å². The van der Waals surface area contributed by atoms with Crippen LogP contribution in [0.5, 0.6) is 0 Å². The standard InChI is InChI=1S/C16H28N2O3/c1-2-7-15(10-11-15)12-17-14(21)18-16(13(19)20)8-5-3-4-6-9-16/h2-12H2,1H3,(H,19,20)(H2,17,18,21). The highest BCUT2D eigenvalue weighted by atomic mass is 16.4. The fraction of sp³-hybridized carbons (Fsp3) is 0.875. The molecule has 0 aromatic carbocycles. The summed E-state index contributed by atoms with van der Waals surface area (Å²) < 4.78 is 0. The summed E-state index contributed by atoms with van der Waals surface area (Å²) in [6.07, 6.45) is 9.52. The van der Waals surface area contributed by atoms with Crippen LogP contribution in [0.15, 0.2) is 0 Å². The monoisotopic (exact) mass is 296 g/mol. The van der Waals surface area contributed by atoms with Crippen molar-refractivity contribution in [2.24, 2.45) is 5.41 Å². The lowest BCUT2D eigenvalue weighted by atomic mass is 9.90. The van der Waals surface area contributed by atoms with E-state index in [9.17, 15) is 14.7 Å². The van der Waals surface area contributed by atoms with Gasteiger partial charge in [-0.05, 0) is 37.5 Å². The molecule has 0 bridgehead atoms. The van der Waals surface area contributed by atoms with Crippen LogP contribution in [0, 0.1) is 5.41 Å². The van der Waals surface area contributed by atoms with Crippen molar-refractivity contribution in [2.45, 2.75) is 76.7 Å². The summed E-state index contributed by atoms with van der Waals surface area (Å²) in [7, 11) is 0. The molecule has 0 saturated heterocycles. The van der Waals surface area contributed by atoms with Gasteiger partial charge in [0.1, 0.15) is 5.54 Å². The van der Waals surface area contributed by atoms with Crippen molar-refractivity contribution < 1.29 is 14.7 Å². The molecule has 5 nitrogen and oxygen atoms in total. The summed E-state index contributed by atoms with van der Waals surface area (Å²) in [6, 6.07) is -0.318. The van der Waals surface area contributed by atoms with Crippen molar-refractivity contribution in [1.82, 2.24) is 10.6 Å². The number of carbonyl (C=O) groups excluding carboxylic acids is 1. The van der Waals surface area contributed by atoms with Gasteiger partial charge in [-0.25, -0.2) is 9.59 Å². The summed E-state index contributed by atoms with van der Waals surface area (Å²) >= 11 is 0. The molecule has 21 heavy (non-hydrogen) atoms. The number of rotatable bonds is 6. The number of hydrogen-bond acceptors (Lipinski definition) is 2. The lowest BCUT2D eigenvalue weighted by Crippen LogP contribution is -2.57. The first-order chi connectivity index (χ1) is 10.0. The van der Waals surface area contributed by atoms with E-state index in [1.54, 1.807) is 0 Å². The molecule has 0 radical (unpaired) electrons. The quantitative estimate of drug-likeness (QED) is 0.659.